The molecule has 1 amide bonds. The molecule has 0 bridgehead atoms. The molecule has 31 heavy (non-hydrogen) atoms. The summed E-state index contributed by atoms with van der Waals surface area (Å²) in [5.41, 5.74) is 1.97. The second-order valence-electron chi connectivity index (χ2n) is 7.83. The molecule has 1 N–H and O–H groups in total. The fourth-order valence-corrected chi connectivity index (χ4v) is 3.70. The smallest absolute Gasteiger partial charge is 0.318 e. The van der Waals surface area contributed by atoms with E-state index < -0.39 is 6.04 Å². The molecule has 1 fully saturated rings. The van der Waals surface area contributed by atoms with Gasteiger partial charge in [0, 0.05) is 37.6 Å². The second-order valence-corrected chi connectivity index (χ2v) is 8.26. The Morgan fingerprint density at radius 2 is 1.74 bits per heavy atom. The van der Waals surface area contributed by atoms with Crippen LogP contribution < -0.4 is 10.2 Å². The Balaban J connectivity index is 1.49. The van der Waals surface area contributed by atoms with Gasteiger partial charge in [-0.25, -0.2) is 0 Å². The number of hydrogen-bond donors (Lipinski definition) is 1. The fourth-order valence-electron chi connectivity index (χ4n) is 3.58. The van der Waals surface area contributed by atoms with Gasteiger partial charge in [-0.3, -0.25) is 4.79 Å². The predicted octanol–water partition coefficient (Wildman–Crippen LogP) is 3.12. The third kappa shape index (κ3) is 5.83. The van der Waals surface area contributed by atoms with E-state index in [4.69, 9.17) is 16.0 Å². The first-order chi connectivity index (χ1) is 15.1. The van der Waals surface area contributed by atoms with Crippen molar-refractivity contribution < 1.29 is 9.21 Å². The van der Waals surface area contributed by atoms with E-state index in [1.54, 1.807) is 12.1 Å². The highest BCUT2D eigenvalue weighted by Crippen LogP contribution is 2.22. The average molecular weight is 440 g/mol. The number of halogens is 1. The number of aromatic nitrogens is 2. The Labute approximate surface area is 187 Å². The van der Waals surface area contributed by atoms with Crippen LogP contribution in [0.3, 0.4) is 0 Å². The topological polar surface area (TPSA) is 74.5 Å². The highest BCUT2D eigenvalue weighted by atomic mass is 35.5. The molecule has 7 nitrogen and oxygen atoms in total. The highest BCUT2D eigenvalue weighted by molar-refractivity contribution is 6.30. The molecular formula is C23H26ClN5O2. The number of nitrogens with one attached hydrogen (secondary N) is 1. The highest BCUT2D eigenvalue weighted by Gasteiger charge is 2.25. The number of anilines is 1. The van der Waals surface area contributed by atoms with E-state index in [1.807, 2.05) is 42.5 Å². The summed E-state index contributed by atoms with van der Waals surface area (Å²) in [5, 5.41) is 12.2. The number of amides is 1. The molecule has 8 heteroatoms. The molecule has 1 aliphatic rings. The van der Waals surface area contributed by atoms with Crippen molar-refractivity contribution in [1.82, 2.24) is 20.4 Å². The van der Waals surface area contributed by atoms with Gasteiger partial charge in [-0.2, -0.15) is 0 Å². The minimum atomic E-state index is -0.407. The molecule has 1 saturated heterocycles. The Kier molecular flexibility index (Phi) is 6.84. The Morgan fingerprint density at radius 3 is 2.45 bits per heavy atom. The Morgan fingerprint density at radius 1 is 1.03 bits per heavy atom. The number of piperazine rings is 1. The Hall–Kier alpha value is -2.90. The summed E-state index contributed by atoms with van der Waals surface area (Å²) in [4.78, 5) is 17.1. The molecule has 1 aliphatic heterocycles. The van der Waals surface area contributed by atoms with E-state index in [-0.39, 0.29) is 12.3 Å². The zero-order chi connectivity index (χ0) is 21.6. The molecule has 2 heterocycles. The van der Waals surface area contributed by atoms with E-state index in [9.17, 15) is 4.79 Å². The van der Waals surface area contributed by atoms with Crippen molar-refractivity contribution in [3.8, 4) is 0 Å². The molecule has 0 spiro atoms. The van der Waals surface area contributed by atoms with Gasteiger partial charge in [-0.15, -0.1) is 5.10 Å². The molecule has 0 saturated carbocycles. The van der Waals surface area contributed by atoms with Crippen molar-refractivity contribution in [2.45, 2.75) is 18.9 Å². The van der Waals surface area contributed by atoms with Crippen LogP contribution in [0.15, 0.2) is 59.0 Å². The summed E-state index contributed by atoms with van der Waals surface area (Å²) < 4.78 is 6.01. The van der Waals surface area contributed by atoms with Gasteiger partial charge in [0.2, 0.25) is 11.8 Å². The van der Waals surface area contributed by atoms with E-state index in [0.717, 1.165) is 37.3 Å². The third-order valence-corrected chi connectivity index (χ3v) is 5.65. The Bertz CT molecular complexity index is 985. The fraction of sp³-hybridized carbons (Fsp3) is 0.348. The van der Waals surface area contributed by atoms with Crippen LogP contribution in [0.5, 0.6) is 0 Å². The van der Waals surface area contributed by atoms with Crippen molar-refractivity contribution in [3.05, 3.63) is 76.6 Å². The lowest BCUT2D eigenvalue weighted by Crippen LogP contribution is -2.44. The number of nitrogens with zero attached hydrogens (tertiary/aromatic N) is 4. The number of likely N-dealkylation sites (N-methyl/N-ethyl adjacent to an activating group) is 1. The van der Waals surface area contributed by atoms with Crippen LogP contribution in [0, 0.1) is 0 Å². The number of carbonyl (C=O) groups excluding carboxylic acids is 1. The lowest BCUT2D eigenvalue weighted by molar-refractivity contribution is -0.121. The van der Waals surface area contributed by atoms with E-state index in [2.05, 4.69) is 32.4 Å². The third-order valence-electron chi connectivity index (χ3n) is 5.40. The second kappa shape index (κ2) is 9.94. The van der Waals surface area contributed by atoms with Crippen LogP contribution in [0.4, 0.5) is 6.01 Å². The molecule has 1 atom stereocenters. The summed E-state index contributed by atoms with van der Waals surface area (Å²) in [7, 11) is 2.10. The van der Waals surface area contributed by atoms with Gasteiger partial charge in [0.05, 0.1) is 6.42 Å². The van der Waals surface area contributed by atoms with Crippen molar-refractivity contribution in [2.75, 3.05) is 38.1 Å². The summed E-state index contributed by atoms with van der Waals surface area (Å²) in [6, 6.07) is 17.3. The van der Waals surface area contributed by atoms with Gasteiger partial charge < -0.3 is 19.5 Å². The van der Waals surface area contributed by atoms with E-state index in [0.29, 0.717) is 23.3 Å². The van der Waals surface area contributed by atoms with Crippen molar-refractivity contribution in [1.29, 1.82) is 0 Å². The number of rotatable bonds is 7. The van der Waals surface area contributed by atoms with Gasteiger partial charge in [0.15, 0.2) is 0 Å². The quantitative estimate of drug-likeness (QED) is 0.609. The molecule has 1 unspecified atom stereocenters. The minimum absolute atomic E-state index is 0.109. The predicted molar refractivity (Wildman–Crippen MR) is 120 cm³/mol. The molecule has 3 aromatic rings. The molecular weight excluding hydrogens is 414 g/mol. The standard InChI is InChI=1S/C23H26ClN5O2/c1-28-11-13-29(14-12-28)23-27-26-22(31-23)20(15-17-5-3-2-4-6-17)25-21(30)16-18-7-9-19(24)10-8-18/h2-10,20H,11-16H2,1H3,(H,25,30). The van der Waals surface area contributed by atoms with E-state index in [1.165, 1.54) is 0 Å². The average Bonchev–Trinajstić information content (AvgIpc) is 3.26. The first-order valence-corrected chi connectivity index (χ1v) is 10.8. The van der Waals surface area contributed by atoms with Gasteiger partial charge in [-0.1, -0.05) is 59.2 Å². The molecule has 0 aliphatic carbocycles. The lowest BCUT2D eigenvalue weighted by Gasteiger charge is -2.30. The van der Waals surface area contributed by atoms with Gasteiger partial charge >= 0.3 is 6.01 Å². The van der Waals surface area contributed by atoms with Crippen LogP contribution in [0.25, 0.3) is 0 Å². The maximum absolute atomic E-state index is 12.8. The maximum Gasteiger partial charge on any atom is 0.318 e. The molecule has 0 radical (unpaired) electrons. The van der Waals surface area contributed by atoms with Crippen LogP contribution in [0.1, 0.15) is 23.1 Å². The van der Waals surface area contributed by atoms with Crippen LogP contribution in [-0.4, -0.2) is 54.2 Å². The van der Waals surface area contributed by atoms with Crippen molar-refractivity contribution >= 4 is 23.5 Å². The number of carbonyl (C=O) groups is 1. The summed E-state index contributed by atoms with van der Waals surface area (Å²) in [6.07, 6.45) is 0.819. The summed E-state index contributed by atoms with van der Waals surface area (Å²) >= 11 is 5.94. The van der Waals surface area contributed by atoms with Crippen LogP contribution in [-0.2, 0) is 17.6 Å². The zero-order valence-electron chi connectivity index (χ0n) is 17.5. The number of hydrogen-bond acceptors (Lipinski definition) is 6. The van der Waals surface area contributed by atoms with Crippen molar-refractivity contribution in [3.63, 3.8) is 0 Å². The van der Waals surface area contributed by atoms with E-state index >= 15 is 0 Å². The van der Waals surface area contributed by atoms with Gasteiger partial charge in [-0.05, 0) is 30.3 Å². The summed E-state index contributed by atoms with van der Waals surface area (Å²) in [6.45, 7) is 3.57. The van der Waals surface area contributed by atoms with Crippen LogP contribution >= 0.6 is 11.6 Å². The monoisotopic (exact) mass is 439 g/mol. The number of benzene rings is 2. The molecule has 1 aromatic heterocycles. The molecule has 4 rings (SSSR count). The zero-order valence-corrected chi connectivity index (χ0v) is 18.3. The molecule has 162 valence electrons. The molecule has 2 aromatic carbocycles. The van der Waals surface area contributed by atoms with Crippen molar-refractivity contribution in [2.24, 2.45) is 0 Å². The SMILES string of the molecule is CN1CCN(c2nnc(C(Cc3ccccc3)NC(=O)Cc3ccc(Cl)cc3)o2)CC1. The van der Waals surface area contributed by atoms with Crippen LogP contribution in [0.2, 0.25) is 5.02 Å². The first-order valence-electron chi connectivity index (χ1n) is 10.4. The normalized spacial score (nSPS) is 15.6. The van der Waals surface area contributed by atoms with Gasteiger partial charge in [0.1, 0.15) is 6.04 Å². The first kappa shape index (κ1) is 21.3. The minimum Gasteiger partial charge on any atom is -0.406 e. The van der Waals surface area contributed by atoms with Gasteiger partial charge in [0.25, 0.3) is 0 Å². The maximum atomic E-state index is 12.8. The summed E-state index contributed by atoms with van der Waals surface area (Å²) in [5.74, 6) is 0.310. The largest absolute Gasteiger partial charge is 0.406 e. The lowest BCUT2D eigenvalue weighted by atomic mass is 10.1.